The molecule has 0 saturated heterocycles. The van der Waals surface area contributed by atoms with Crippen molar-refractivity contribution in [2.75, 3.05) is 0 Å². The number of carbonyl (C=O) groups is 1. The Bertz CT molecular complexity index is 1720. The van der Waals surface area contributed by atoms with Crippen molar-refractivity contribution in [3.8, 4) is 22.5 Å². The van der Waals surface area contributed by atoms with E-state index in [2.05, 4.69) is 10.4 Å². The lowest BCUT2D eigenvalue weighted by molar-refractivity contribution is -0.207. The summed E-state index contributed by atoms with van der Waals surface area (Å²) in [6, 6.07) is 14.5. The molecular weight excluding hydrogens is 614 g/mol. The third kappa shape index (κ3) is 7.51. The maximum atomic E-state index is 14.0. The number of hydrogen-bond acceptors (Lipinski definition) is 4. The first-order valence-corrected chi connectivity index (χ1v) is 13.5. The Morgan fingerprint density at radius 1 is 0.955 bits per heavy atom. The summed E-state index contributed by atoms with van der Waals surface area (Å²) < 4.78 is 83.1. The first kappa shape index (κ1) is 32.8. The van der Waals surface area contributed by atoms with Crippen LogP contribution in [0.5, 0.6) is 0 Å². The van der Waals surface area contributed by atoms with E-state index in [4.69, 9.17) is 11.6 Å². The van der Waals surface area contributed by atoms with Gasteiger partial charge < -0.3 is 10.4 Å². The second kappa shape index (κ2) is 12.1. The molecule has 3 aromatic carbocycles. The molecule has 2 N–H and O–H groups in total. The van der Waals surface area contributed by atoms with Crippen LogP contribution in [0.3, 0.4) is 0 Å². The molecule has 0 aliphatic heterocycles. The fourth-order valence-electron chi connectivity index (χ4n) is 4.45. The highest BCUT2D eigenvalue weighted by molar-refractivity contribution is 6.30. The molecule has 14 heteroatoms. The molecule has 1 aromatic heterocycles. The first-order valence-electron chi connectivity index (χ1n) is 13.2. The summed E-state index contributed by atoms with van der Waals surface area (Å²) in [5.74, 6) is -0.831. The molecule has 0 spiro atoms. The van der Waals surface area contributed by atoms with Crippen LogP contribution in [0.2, 0.25) is 5.02 Å². The highest BCUT2D eigenvalue weighted by atomic mass is 35.5. The van der Waals surface area contributed by atoms with Crippen molar-refractivity contribution >= 4 is 17.5 Å². The summed E-state index contributed by atoms with van der Waals surface area (Å²) in [5.41, 5.74) is -2.67. The Morgan fingerprint density at radius 3 is 2.18 bits per heavy atom. The smallest absolute Gasteiger partial charge is 0.382 e. The molecule has 0 radical (unpaired) electrons. The van der Waals surface area contributed by atoms with Gasteiger partial charge in [0.05, 0.1) is 18.7 Å². The van der Waals surface area contributed by atoms with E-state index in [1.54, 1.807) is 20.8 Å². The zero-order chi connectivity index (χ0) is 32.6. The standard InChI is InChI=1S/C30H27ClF6N4O3/c1-28(2,3)38-26(43)21-13-8-17(14-22(21)20-6-4-5-7-23(20)29(32,33)34)15-41-27(44)40(16-24(42)30(35,36)37)25(39-41)18-9-11-19(31)12-10-18/h4-14,24,42H,15-16H2,1-3H3,(H,38,43). The van der Waals surface area contributed by atoms with Crippen LogP contribution < -0.4 is 11.0 Å². The number of halogens is 7. The Balaban J connectivity index is 1.85. The van der Waals surface area contributed by atoms with Crippen molar-refractivity contribution in [3.05, 3.63) is 98.9 Å². The van der Waals surface area contributed by atoms with E-state index in [1.165, 1.54) is 60.7 Å². The van der Waals surface area contributed by atoms with Gasteiger partial charge in [-0.2, -0.15) is 26.3 Å². The molecule has 7 nitrogen and oxygen atoms in total. The number of amides is 1. The monoisotopic (exact) mass is 640 g/mol. The molecule has 44 heavy (non-hydrogen) atoms. The molecule has 4 aromatic rings. The number of aromatic nitrogens is 3. The molecule has 0 saturated carbocycles. The summed E-state index contributed by atoms with van der Waals surface area (Å²) in [6.45, 7) is 3.59. The van der Waals surface area contributed by atoms with Gasteiger partial charge in [-0.25, -0.2) is 9.48 Å². The van der Waals surface area contributed by atoms with Crippen molar-refractivity contribution in [2.24, 2.45) is 0 Å². The maximum absolute atomic E-state index is 14.0. The number of aliphatic hydroxyl groups is 1. The summed E-state index contributed by atoms with van der Waals surface area (Å²) >= 11 is 5.92. The van der Waals surface area contributed by atoms with Crippen molar-refractivity contribution < 1.29 is 36.2 Å². The molecule has 0 aliphatic rings. The average molecular weight is 641 g/mol. The number of hydrogen-bond donors (Lipinski definition) is 2. The van der Waals surface area contributed by atoms with Crippen molar-refractivity contribution in [2.45, 2.75) is 57.9 Å². The van der Waals surface area contributed by atoms with Gasteiger partial charge >= 0.3 is 18.0 Å². The van der Waals surface area contributed by atoms with Crippen LogP contribution in [0.4, 0.5) is 26.3 Å². The van der Waals surface area contributed by atoms with Crippen LogP contribution in [0.1, 0.15) is 42.3 Å². The second-order valence-corrected chi connectivity index (χ2v) is 11.5. The number of aliphatic hydroxyl groups excluding tert-OH is 1. The molecule has 0 aliphatic carbocycles. The largest absolute Gasteiger partial charge is 0.417 e. The average Bonchev–Trinajstić information content (AvgIpc) is 3.21. The van der Waals surface area contributed by atoms with Gasteiger partial charge in [0.25, 0.3) is 5.91 Å². The van der Waals surface area contributed by atoms with Crippen molar-refractivity contribution in [1.29, 1.82) is 0 Å². The number of alkyl halides is 6. The molecule has 234 valence electrons. The summed E-state index contributed by atoms with van der Waals surface area (Å²) in [5, 5.41) is 17.0. The van der Waals surface area contributed by atoms with Crippen molar-refractivity contribution in [3.63, 3.8) is 0 Å². The first-order chi connectivity index (χ1) is 20.3. The van der Waals surface area contributed by atoms with Crippen LogP contribution in [-0.4, -0.2) is 43.2 Å². The Kier molecular flexibility index (Phi) is 9.04. The molecule has 0 fully saturated rings. The molecule has 1 atom stereocenters. The quantitative estimate of drug-likeness (QED) is 0.224. The fourth-order valence-corrected chi connectivity index (χ4v) is 4.58. The van der Waals surface area contributed by atoms with E-state index in [0.717, 1.165) is 10.7 Å². The lowest BCUT2D eigenvalue weighted by Gasteiger charge is -2.22. The number of nitrogens with one attached hydrogen (secondary N) is 1. The lowest BCUT2D eigenvalue weighted by atomic mass is 9.92. The number of rotatable bonds is 7. The van der Waals surface area contributed by atoms with Crippen LogP contribution in [0.15, 0.2) is 71.5 Å². The SMILES string of the molecule is CC(C)(C)NC(=O)c1ccc(Cn2nc(-c3ccc(Cl)cc3)n(CC(O)C(F)(F)F)c2=O)cc1-c1ccccc1C(F)(F)F. The minimum Gasteiger partial charge on any atom is -0.382 e. The predicted molar refractivity (Wildman–Crippen MR) is 152 cm³/mol. The van der Waals surface area contributed by atoms with Crippen LogP contribution in [0, 0.1) is 0 Å². The minimum atomic E-state index is -5.02. The van der Waals surface area contributed by atoms with Gasteiger partial charge in [0.15, 0.2) is 11.9 Å². The molecular formula is C30H27ClF6N4O3. The number of benzene rings is 3. The molecule has 0 bridgehead atoms. The van der Waals surface area contributed by atoms with Gasteiger partial charge in [0.1, 0.15) is 0 Å². The normalized spacial score (nSPS) is 13.2. The number of carbonyl (C=O) groups excluding carboxylic acids is 1. The van der Waals surface area contributed by atoms with E-state index in [0.29, 0.717) is 9.59 Å². The van der Waals surface area contributed by atoms with E-state index in [9.17, 15) is 41.0 Å². The summed E-state index contributed by atoms with van der Waals surface area (Å²) in [6.07, 6.45) is -12.7. The Morgan fingerprint density at radius 2 is 1.59 bits per heavy atom. The highest BCUT2D eigenvalue weighted by Gasteiger charge is 2.39. The van der Waals surface area contributed by atoms with Gasteiger partial charge in [0, 0.05) is 21.7 Å². The second-order valence-electron chi connectivity index (χ2n) is 11.1. The third-order valence-electron chi connectivity index (χ3n) is 6.43. The van der Waals surface area contributed by atoms with E-state index in [1.807, 2.05) is 0 Å². The van der Waals surface area contributed by atoms with Gasteiger partial charge in [-0.15, -0.1) is 5.10 Å². The van der Waals surface area contributed by atoms with Crippen molar-refractivity contribution in [1.82, 2.24) is 19.7 Å². The fraction of sp³-hybridized carbons (Fsp3) is 0.300. The predicted octanol–water partition coefficient (Wildman–Crippen LogP) is 6.55. The number of nitrogens with zero attached hydrogens (tertiary/aromatic N) is 3. The molecule has 4 rings (SSSR count). The minimum absolute atomic E-state index is 0.0617. The van der Waals surface area contributed by atoms with E-state index >= 15 is 0 Å². The van der Waals surface area contributed by atoms with Gasteiger partial charge in [0.2, 0.25) is 0 Å². The maximum Gasteiger partial charge on any atom is 0.417 e. The zero-order valence-electron chi connectivity index (χ0n) is 23.6. The van der Waals surface area contributed by atoms with Crippen LogP contribution >= 0.6 is 11.6 Å². The Hall–Kier alpha value is -4.10. The highest BCUT2D eigenvalue weighted by Crippen LogP contribution is 2.38. The molecule has 1 heterocycles. The van der Waals surface area contributed by atoms with Gasteiger partial charge in [-0.3, -0.25) is 9.36 Å². The van der Waals surface area contributed by atoms with E-state index in [-0.39, 0.29) is 40.2 Å². The third-order valence-corrected chi connectivity index (χ3v) is 6.68. The topological polar surface area (TPSA) is 89.2 Å². The zero-order valence-corrected chi connectivity index (χ0v) is 24.3. The lowest BCUT2D eigenvalue weighted by Crippen LogP contribution is -2.40. The van der Waals surface area contributed by atoms with Crippen LogP contribution in [0.25, 0.3) is 22.5 Å². The van der Waals surface area contributed by atoms with E-state index < -0.39 is 47.7 Å². The van der Waals surface area contributed by atoms with Crippen LogP contribution in [-0.2, 0) is 19.3 Å². The van der Waals surface area contributed by atoms with Gasteiger partial charge in [-0.1, -0.05) is 35.9 Å². The Labute approximate surface area is 252 Å². The summed E-state index contributed by atoms with van der Waals surface area (Å²) in [4.78, 5) is 26.5. The molecule has 1 amide bonds. The van der Waals surface area contributed by atoms with Gasteiger partial charge in [-0.05, 0) is 79.9 Å². The molecule has 1 unspecified atom stereocenters. The summed E-state index contributed by atoms with van der Waals surface area (Å²) in [7, 11) is 0.